The van der Waals surface area contributed by atoms with E-state index in [4.69, 9.17) is 22.3 Å². The molecule has 3 aromatic rings. The van der Waals surface area contributed by atoms with Crippen molar-refractivity contribution in [2.24, 2.45) is 0 Å². The number of hydrogen-bond donors (Lipinski definition) is 0. The molecule has 0 fully saturated rings. The molecule has 1 aliphatic rings. The van der Waals surface area contributed by atoms with Gasteiger partial charge in [-0.15, -0.1) is 11.3 Å². The average molecular weight is 374 g/mol. The zero-order valence-corrected chi connectivity index (χ0v) is 16.3. The molecule has 0 amide bonds. The van der Waals surface area contributed by atoms with Crippen LogP contribution in [0.4, 0.5) is 0 Å². The normalized spacial score (nSPS) is 16.1. The minimum absolute atomic E-state index is 0.223. The summed E-state index contributed by atoms with van der Waals surface area (Å²) in [5.74, 6) is 1.14. The highest BCUT2D eigenvalue weighted by molar-refractivity contribution is 7.71. The Balaban J connectivity index is 1.55. The van der Waals surface area contributed by atoms with Crippen LogP contribution in [0.3, 0.4) is 0 Å². The lowest BCUT2D eigenvalue weighted by molar-refractivity contribution is 0.193. The van der Waals surface area contributed by atoms with Crippen LogP contribution in [0.25, 0.3) is 10.2 Å². The Hall–Kier alpha value is -1.57. The van der Waals surface area contributed by atoms with E-state index in [1.54, 1.807) is 11.3 Å². The molecule has 7 heteroatoms. The lowest BCUT2D eigenvalue weighted by Crippen LogP contribution is -2.26. The lowest BCUT2D eigenvalue weighted by Gasteiger charge is -2.22. The van der Waals surface area contributed by atoms with Crippen LogP contribution < -0.4 is 0 Å². The van der Waals surface area contributed by atoms with Crippen molar-refractivity contribution >= 4 is 33.8 Å². The van der Waals surface area contributed by atoms with Gasteiger partial charge in [0, 0.05) is 13.0 Å². The van der Waals surface area contributed by atoms with E-state index in [0.29, 0.717) is 6.67 Å². The largest absolute Gasteiger partial charge is 0.304 e. The summed E-state index contributed by atoms with van der Waals surface area (Å²) in [6.07, 6.45) is 4.72. The van der Waals surface area contributed by atoms with Gasteiger partial charge in [0.25, 0.3) is 0 Å². The molecule has 0 unspecified atom stereocenters. The van der Waals surface area contributed by atoms with Crippen molar-refractivity contribution in [3.8, 4) is 0 Å². The minimum Gasteiger partial charge on any atom is -0.304 e. The fourth-order valence-corrected chi connectivity index (χ4v) is 4.69. The second kappa shape index (κ2) is 6.97. The highest BCUT2D eigenvalue weighted by Crippen LogP contribution is 2.29. The van der Waals surface area contributed by atoms with Gasteiger partial charge in [0.2, 0.25) is 0 Å². The molecule has 0 radical (unpaired) electrons. The first-order chi connectivity index (χ1) is 12.1. The molecular formula is C18H23N5S2. The third kappa shape index (κ3) is 3.28. The van der Waals surface area contributed by atoms with Crippen LogP contribution in [-0.2, 0) is 19.6 Å². The quantitative estimate of drug-likeness (QED) is 0.636. The molecule has 0 saturated carbocycles. The summed E-state index contributed by atoms with van der Waals surface area (Å²) < 4.78 is 6.28. The number of thiazole rings is 1. The highest BCUT2D eigenvalue weighted by Gasteiger charge is 2.19. The van der Waals surface area contributed by atoms with Crippen LogP contribution in [0.5, 0.6) is 0 Å². The number of aryl methyl sites for hydroxylation is 1. The van der Waals surface area contributed by atoms with Crippen LogP contribution >= 0.6 is 23.6 Å². The van der Waals surface area contributed by atoms with Gasteiger partial charge in [-0.1, -0.05) is 18.6 Å². The molecule has 0 spiro atoms. The van der Waals surface area contributed by atoms with Gasteiger partial charge in [-0.3, -0.25) is 4.90 Å². The number of rotatable bonds is 4. The number of aromatic nitrogens is 4. The first-order valence-electron chi connectivity index (χ1n) is 8.86. The van der Waals surface area contributed by atoms with Crippen molar-refractivity contribution in [2.45, 2.75) is 51.9 Å². The molecule has 3 heterocycles. The Labute approximate surface area is 156 Å². The Morgan fingerprint density at radius 1 is 1.28 bits per heavy atom. The molecule has 2 aromatic heterocycles. The molecule has 132 valence electrons. The molecule has 5 nitrogen and oxygen atoms in total. The van der Waals surface area contributed by atoms with Crippen LogP contribution in [0.1, 0.15) is 43.1 Å². The maximum absolute atomic E-state index is 5.67. The maximum Gasteiger partial charge on any atom is 0.199 e. The number of hydrogen-bond acceptors (Lipinski definition) is 5. The summed E-state index contributed by atoms with van der Waals surface area (Å²) in [4.78, 5) is 7.06. The summed E-state index contributed by atoms with van der Waals surface area (Å²) in [5.41, 5.74) is 1.08. The molecule has 1 aliphatic heterocycles. The lowest BCUT2D eigenvalue weighted by atomic mass is 10.2. The van der Waals surface area contributed by atoms with Crippen LogP contribution in [0, 0.1) is 4.77 Å². The predicted octanol–water partition coefficient (Wildman–Crippen LogP) is 4.40. The first-order valence-corrected chi connectivity index (χ1v) is 10.1. The molecule has 4 rings (SSSR count). The summed E-state index contributed by atoms with van der Waals surface area (Å²) >= 11 is 7.44. The number of nitrogens with zero attached hydrogens (tertiary/aromatic N) is 5. The molecule has 1 aromatic carbocycles. The summed E-state index contributed by atoms with van der Waals surface area (Å²) in [5, 5.41) is 5.92. The van der Waals surface area contributed by atoms with Crippen molar-refractivity contribution in [1.82, 2.24) is 24.2 Å². The van der Waals surface area contributed by atoms with E-state index >= 15 is 0 Å². The van der Waals surface area contributed by atoms with E-state index in [1.165, 1.54) is 24.0 Å². The second-order valence-corrected chi connectivity index (χ2v) is 8.18. The second-order valence-electron chi connectivity index (χ2n) is 6.75. The molecule has 0 aliphatic carbocycles. The zero-order valence-electron chi connectivity index (χ0n) is 14.7. The SMILES string of the molecule is C[C@@H](c1nc2ccccc2s1)N(C)Cn1nc2n(c1=S)CCCCC2. The molecule has 0 bridgehead atoms. The first kappa shape index (κ1) is 16.9. The van der Waals surface area contributed by atoms with E-state index in [1.807, 2.05) is 10.7 Å². The van der Waals surface area contributed by atoms with Gasteiger partial charge in [0.1, 0.15) is 10.8 Å². The van der Waals surface area contributed by atoms with Crippen molar-refractivity contribution in [3.05, 3.63) is 39.9 Å². The monoisotopic (exact) mass is 373 g/mol. The Morgan fingerprint density at radius 2 is 2.12 bits per heavy atom. The average Bonchev–Trinajstić information content (AvgIpc) is 3.07. The fourth-order valence-electron chi connectivity index (χ4n) is 3.31. The molecule has 25 heavy (non-hydrogen) atoms. The van der Waals surface area contributed by atoms with Crippen LogP contribution in [0.2, 0.25) is 0 Å². The van der Waals surface area contributed by atoms with Gasteiger partial charge in [0.05, 0.1) is 22.9 Å². The van der Waals surface area contributed by atoms with Crippen molar-refractivity contribution in [1.29, 1.82) is 0 Å². The van der Waals surface area contributed by atoms with E-state index < -0.39 is 0 Å². The van der Waals surface area contributed by atoms with Gasteiger partial charge < -0.3 is 4.57 Å². The summed E-state index contributed by atoms with van der Waals surface area (Å²) in [6.45, 7) is 3.89. The molecule has 0 N–H and O–H groups in total. The smallest absolute Gasteiger partial charge is 0.199 e. The van der Waals surface area contributed by atoms with Gasteiger partial charge in [-0.05, 0) is 51.2 Å². The van der Waals surface area contributed by atoms with Crippen LogP contribution in [-0.4, -0.2) is 31.3 Å². The highest BCUT2D eigenvalue weighted by atomic mass is 32.1. The van der Waals surface area contributed by atoms with Gasteiger partial charge in [-0.25, -0.2) is 9.67 Å². The van der Waals surface area contributed by atoms with E-state index in [-0.39, 0.29) is 6.04 Å². The number of benzene rings is 1. The van der Waals surface area contributed by atoms with E-state index in [0.717, 1.165) is 34.1 Å². The number of fused-ring (bicyclic) bond motifs is 2. The van der Waals surface area contributed by atoms with Gasteiger partial charge >= 0.3 is 0 Å². The Kier molecular flexibility index (Phi) is 4.71. The summed E-state index contributed by atoms with van der Waals surface area (Å²) in [6, 6.07) is 8.53. The van der Waals surface area contributed by atoms with Gasteiger partial charge in [0.15, 0.2) is 4.77 Å². The third-order valence-corrected chi connectivity index (χ3v) is 6.61. The Bertz CT molecular complexity index is 905. The van der Waals surface area contributed by atoms with E-state index in [9.17, 15) is 0 Å². The topological polar surface area (TPSA) is 38.9 Å². The fraction of sp³-hybridized carbons (Fsp3) is 0.500. The molecule has 1 atom stereocenters. The summed E-state index contributed by atoms with van der Waals surface area (Å²) in [7, 11) is 2.11. The van der Waals surface area contributed by atoms with Crippen LogP contribution in [0.15, 0.2) is 24.3 Å². The molecular weight excluding hydrogens is 350 g/mol. The standard InChI is InChI=1S/C18H23N5S2/c1-13(17-19-14-8-5-6-9-15(14)25-17)21(2)12-23-18(24)22-11-7-3-4-10-16(22)20-23/h5-6,8-9,13H,3-4,7,10-12H2,1-2H3/t13-/m0/s1. The van der Waals surface area contributed by atoms with Crippen molar-refractivity contribution in [3.63, 3.8) is 0 Å². The minimum atomic E-state index is 0.223. The zero-order chi connectivity index (χ0) is 17.4. The van der Waals surface area contributed by atoms with Gasteiger partial charge in [-0.2, -0.15) is 5.10 Å². The molecule has 0 saturated heterocycles. The van der Waals surface area contributed by atoms with Crippen molar-refractivity contribution in [2.75, 3.05) is 7.05 Å². The number of para-hydroxylation sites is 1. The van der Waals surface area contributed by atoms with Crippen molar-refractivity contribution < 1.29 is 0 Å². The maximum atomic E-state index is 5.67. The van der Waals surface area contributed by atoms with E-state index in [2.05, 4.69) is 41.6 Å². The Morgan fingerprint density at radius 3 is 2.96 bits per heavy atom. The third-order valence-electron chi connectivity index (χ3n) is 4.97. The predicted molar refractivity (Wildman–Crippen MR) is 104 cm³/mol.